The molecule has 0 aliphatic heterocycles. The number of aromatic nitrogens is 3. The Morgan fingerprint density at radius 1 is 1.13 bits per heavy atom. The SMILES string of the molecule is Cn1cc(-c2cnc3cc(SI)oc3c2-c2ccccc2)cn1. The normalized spacial score (nSPS) is 11.2. The molecule has 0 saturated carbocycles. The Balaban J connectivity index is 2.06. The molecule has 0 amide bonds. The highest BCUT2D eigenvalue weighted by Crippen LogP contribution is 2.40. The van der Waals surface area contributed by atoms with Gasteiger partial charge in [0, 0.05) is 63.4 Å². The van der Waals surface area contributed by atoms with Crippen molar-refractivity contribution in [1.82, 2.24) is 14.8 Å². The summed E-state index contributed by atoms with van der Waals surface area (Å²) in [6, 6.07) is 12.2. The Kier molecular flexibility index (Phi) is 3.86. The van der Waals surface area contributed by atoms with Crippen molar-refractivity contribution in [3.63, 3.8) is 0 Å². The summed E-state index contributed by atoms with van der Waals surface area (Å²) >= 11 is 2.22. The van der Waals surface area contributed by atoms with Crippen molar-refractivity contribution >= 4 is 41.2 Å². The second-order valence-electron chi connectivity index (χ2n) is 5.17. The molecule has 0 fully saturated rings. The van der Waals surface area contributed by atoms with Gasteiger partial charge in [0.2, 0.25) is 0 Å². The number of nitrogens with zero attached hydrogens (tertiary/aromatic N) is 3. The van der Waals surface area contributed by atoms with Crippen molar-refractivity contribution in [3.8, 4) is 22.3 Å². The minimum absolute atomic E-state index is 0.816. The molecule has 3 aromatic heterocycles. The number of halogens is 1. The first kappa shape index (κ1) is 14.8. The quantitative estimate of drug-likeness (QED) is 0.410. The van der Waals surface area contributed by atoms with E-state index in [9.17, 15) is 0 Å². The van der Waals surface area contributed by atoms with Crippen LogP contribution in [0.5, 0.6) is 0 Å². The molecule has 0 saturated heterocycles. The standard InChI is InChI=1S/C17H12IN3OS/c1-21-10-12(8-20-21)13-9-19-14-7-15(23-18)22-17(14)16(13)11-5-3-2-4-6-11/h2-10H,1H3. The summed E-state index contributed by atoms with van der Waals surface area (Å²) in [5.74, 6) is 0. The third-order valence-electron chi connectivity index (χ3n) is 3.67. The van der Waals surface area contributed by atoms with Crippen LogP contribution in [0.15, 0.2) is 64.5 Å². The van der Waals surface area contributed by atoms with Crippen molar-refractivity contribution in [3.05, 3.63) is 55.0 Å². The third-order valence-corrected chi connectivity index (χ3v) is 5.33. The summed E-state index contributed by atoms with van der Waals surface area (Å²) in [4.78, 5) is 4.57. The van der Waals surface area contributed by atoms with Crippen LogP contribution in [0.25, 0.3) is 33.4 Å². The molecule has 6 heteroatoms. The summed E-state index contributed by atoms with van der Waals surface area (Å²) < 4.78 is 7.83. The van der Waals surface area contributed by atoms with Crippen LogP contribution in [0.1, 0.15) is 0 Å². The molecule has 1 aromatic carbocycles. The minimum Gasteiger partial charge on any atom is -0.447 e. The molecule has 0 aliphatic carbocycles. The largest absolute Gasteiger partial charge is 0.447 e. The maximum Gasteiger partial charge on any atom is 0.173 e. The molecule has 0 atom stereocenters. The average Bonchev–Trinajstić information content (AvgIpc) is 3.20. The van der Waals surface area contributed by atoms with Crippen molar-refractivity contribution in [1.29, 1.82) is 0 Å². The summed E-state index contributed by atoms with van der Waals surface area (Å²) in [7, 11) is 3.46. The molecule has 0 aliphatic rings. The molecule has 0 N–H and O–H groups in total. The number of hydrogen-bond donors (Lipinski definition) is 0. The molecule has 4 rings (SSSR count). The topological polar surface area (TPSA) is 43.9 Å². The lowest BCUT2D eigenvalue weighted by atomic mass is 9.97. The molecule has 114 valence electrons. The number of rotatable bonds is 3. The fourth-order valence-electron chi connectivity index (χ4n) is 2.66. The molecule has 0 spiro atoms. The van der Waals surface area contributed by atoms with Gasteiger partial charge in [0.05, 0.1) is 6.20 Å². The van der Waals surface area contributed by atoms with E-state index >= 15 is 0 Å². The summed E-state index contributed by atoms with van der Waals surface area (Å²) in [5.41, 5.74) is 5.91. The van der Waals surface area contributed by atoms with Crippen LogP contribution in [-0.2, 0) is 7.05 Å². The van der Waals surface area contributed by atoms with Gasteiger partial charge in [-0.1, -0.05) is 30.3 Å². The van der Waals surface area contributed by atoms with E-state index in [1.54, 1.807) is 13.6 Å². The van der Waals surface area contributed by atoms with E-state index in [2.05, 4.69) is 43.4 Å². The van der Waals surface area contributed by atoms with Gasteiger partial charge in [-0.05, 0) is 14.5 Å². The van der Waals surface area contributed by atoms with Gasteiger partial charge in [-0.25, -0.2) is 0 Å². The molecule has 23 heavy (non-hydrogen) atoms. The molecule has 3 heterocycles. The highest BCUT2D eigenvalue weighted by atomic mass is 127. The molecule has 4 aromatic rings. The van der Waals surface area contributed by atoms with E-state index in [0.717, 1.165) is 38.4 Å². The van der Waals surface area contributed by atoms with Gasteiger partial charge in [0.25, 0.3) is 0 Å². The number of furan rings is 1. The Morgan fingerprint density at radius 2 is 1.96 bits per heavy atom. The zero-order valence-electron chi connectivity index (χ0n) is 12.2. The van der Waals surface area contributed by atoms with Crippen molar-refractivity contribution in [2.45, 2.75) is 5.09 Å². The lowest BCUT2D eigenvalue weighted by Gasteiger charge is -2.08. The lowest BCUT2D eigenvalue weighted by molar-refractivity contribution is 0.518. The summed E-state index contributed by atoms with van der Waals surface area (Å²) in [6.45, 7) is 0. The zero-order valence-corrected chi connectivity index (χ0v) is 15.2. The molecule has 0 unspecified atom stereocenters. The van der Waals surface area contributed by atoms with Gasteiger partial charge in [0.1, 0.15) is 5.52 Å². The van der Waals surface area contributed by atoms with E-state index < -0.39 is 0 Å². The lowest BCUT2D eigenvalue weighted by Crippen LogP contribution is -1.88. The van der Waals surface area contributed by atoms with Gasteiger partial charge in [0.15, 0.2) is 10.7 Å². The third kappa shape index (κ3) is 2.66. The van der Waals surface area contributed by atoms with Crippen LogP contribution >= 0.6 is 30.1 Å². The van der Waals surface area contributed by atoms with Gasteiger partial charge in [-0.2, -0.15) is 5.10 Å². The molecule has 4 nitrogen and oxygen atoms in total. The Hall–Kier alpha value is -1.80. The van der Waals surface area contributed by atoms with Gasteiger partial charge >= 0.3 is 0 Å². The van der Waals surface area contributed by atoms with E-state index in [4.69, 9.17) is 4.42 Å². The molecule has 0 bridgehead atoms. The minimum atomic E-state index is 0.816. The Bertz CT molecular complexity index is 978. The fraction of sp³-hybridized carbons (Fsp3) is 0.0588. The van der Waals surface area contributed by atoms with E-state index in [-0.39, 0.29) is 0 Å². The number of benzene rings is 1. The van der Waals surface area contributed by atoms with Crippen LogP contribution in [-0.4, -0.2) is 14.8 Å². The number of pyridine rings is 1. The molecular formula is C17H12IN3OS. The maximum absolute atomic E-state index is 6.04. The van der Waals surface area contributed by atoms with E-state index in [0.29, 0.717) is 0 Å². The van der Waals surface area contributed by atoms with Crippen LogP contribution < -0.4 is 0 Å². The number of aryl methyl sites for hydroxylation is 1. The highest BCUT2D eigenvalue weighted by Gasteiger charge is 2.17. The molecular weight excluding hydrogens is 421 g/mol. The van der Waals surface area contributed by atoms with E-state index in [1.165, 1.54) is 0 Å². The predicted molar refractivity (Wildman–Crippen MR) is 102 cm³/mol. The maximum atomic E-state index is 6.04. The Morgan fingerprint density at radius 3 is 2.65 bits per heavy atom. The van der Waals surface area contributed by atoms with Crippen LogP contribution in [0, 0.1) is 0 Å². The van der Waals surface area contributed by atoms with E-state index in [1.807, 2.05) is 49.9 Å². The summed E-state index contributed by atoms with van der Waals surface area (Å²) in [6.07, 6.45) is 5.75. The summed E-state index contributed by atoms with van der Waals surface area (Å²) in [5, 5.41) is 5.14. The van der Waals surface area contributed by atoms with Crippen LogP contribution in [0.2, 0.25) is 0 Å². The van der Waals surface area contributed by atoms with Crippen molar-refractivity contribution in [2.24, 2.45) is 7.05 Å². The average molecular weight is 433 g/mol. The first-order chi connectivity index (χ1) is 11.3. The number of hydrogen-bond acceptors (Lipinski definition) is 4. The predicted octanol–water partition coefficient (Wildman–Crippen LogP) is 5.34. The number of fused-ring (bicyclic) bond motifs is 1. The fourth-order valence-corrected chi connectivity index (χ4v) is 3.59. The zero-order chi connectivity index (χ0) is 15.8. The van der Waals surface area contributed by atoms with Gasteiger partial charge < -0.3 is 4.42 Å². The molecule has 0 radical (unpaired) electrons. The second kappa shape index (κ2) is 6.01. The second-order valence-corrected chi connectivity index (χ2v) is 7.05. The smallest absolute Gasteiger partial charge is 0.173 e. The first-order valence-corrected chi connectivity index (χ1v) is 10.4. The first-order valence-electron chi connectivity index (χ1n) is 7.02. The van der Waals surface area contributed by atoms with Crippen molar-refractivity contribution in [2.75, 3.05) is 0 Å². The Labute approximate surface area is 149 Å². The van der Waals surface area contributed by atoms with Gasteiger partial charge in [-0.15, -0.1) is 0 Å². The van der Waals surface area contributed by atoms with Gasteiger partial charge in [-0.3, -0.25) is 9.67 Å². The highest BCUT2D eigenvalue weighted by molar-refractivity contribution is 14.2. The van der Waals surface area contributed by atoms with Crippen LogP contribution in [0.3, 0.4) is 0 Å². The van der Waals surface area contributed by atoms with Crippen molar-refractivity contribution < 1.29 is 4.42 Å². The monoisotopic (exact) mass is 433 g/mol. The van der Waals surface area contributed by atoms with Crippen LogP contribution in [0.4, 0.5) is 0 Å².